The number of nitrogens with two attached hydrogens (primary N) is 1. The number of amides is 1. The Balaban J connectivity index is 2.17. The van der Waals surface area contributed by atoms with Gasteiger partial charge < -0.3 is 10.6 Å². The van der Waals surface area contributed by atoms with Crippen molar-refractivity contribution in [1.29, 1.82) is 0 Å². The molecule has 0 fully saturated rings. The number of nitrogens with zero attached hydrogens (tertiary/aromatic N) is 1. The summed E-state index contributed by atoms with van der Waals surface area (Å²) >= 11 is 0. The van der Waals surface area contributed by atoms with Crippen LogP contribution in [-0.4, -0.2) is 30.1 Å². The molecule has 26 heavy (non-hydrogen) atoms. The molecule has 1 atom stereocenters. The van der Waals surface area contributed by atoms with E-state index in [0.717, 1.165) is 5.56 Å². The van der Waals surface area contributed by atoms with Crippen molar-refractivity contribution in [3.05, 3.63) is 71.8 Å². The SMILES string of the molecule is NCCCN(Cc1ccccc1)C(=O)CC(c1ccccc1)C(F)(F)F. The van der Waals surface area contributed by atoms with E-state index >= 15 is 0 Å². The van der Waals surface area contributed by atoms with Gasteiger partial charge in [-0.1, -0.05) is 60.7 Å². The Morgan fingerprint density at radius 2 is 1.58 bits per heavy atom. The van der Waals surface area contributed by atoms with E-state index in [1.54, 1.807) is 18.2 Å². The Hall–Kier alpha value is -2.34. The molecule has 0 aliphatic carbocycles. The van der Waals surface area contributed by atoms with E-state index in [4.69, 9.17) is 5.73 Å². The second-order valence-electron chi connectivity index (χ2n) is 6.15. The molecular weight excluding hydrogens is 341 g/mol. The molecule has 2 aromatic carbocycles. The highest BCUT2D eigenvalue weighted by Gasteiger charge is 2.42. The minimum Gasteiger partial charge on any atom is -0.338 e. The monoisotopic (exact) mass is 364 g/mol. The van der Waals surface area contributed by atoms with Gasteiger partial charge in [0.1, 0.15) is 0 Å². The van der Waals surface area contributed by atoms with Gasteiger partial charge >= 0.3 is 6.18 Å². The zero-order valence-electron chi connectivity index (χ0n) is 14.5. The highest BCUT2D eigenvalue weighted by molar-refractivity contribution is 5.77. The van der Waals surface area contributed by atoms with Crippen LogP contribution in [0, 0.1) is 0 Å². The van der Waals surface area contributed by atoms with Gasteiger partial charge in [0, 0.05) is 19.5 Å². The molecule has 1 unspecified atom stereocenters. The van der Waals surface area contributed by atoms with Gasteiger partial charge in [-0.05, 0) is 24.1 Å². The molecule has 0 bridgehead atoms. The Bertz CT molecular complexity index is 674. The Morgan fingerprint density at radius 3 is 2.12 bits per heavy atom. The first-order valence-electron chi connectivity index (χ1n) is 8.55. The van der Waals surface area contributed by atoms with Crippen LogP contribution in [-0.2, 0) is 11.3 Å². The smallest absolute Gasteiger partial charge is 0.338 e. The lowest BCUT2D eigenvalue weighted by Gasteiger charge is -2.26. The minimum atomic E-state index is -4.48. The minimum absolute atomic E-state index is 0.104. The fourth-order valence-corrected chi connectivity index (χ4v) is 2.79. The lowest BCUT2D eigenvalue weighted by Crippen LogP contribution is -2.35. The third-order valence-corrected chi connectivity index (χ3v) is 4.18. The molecule has 0 saturated carbocycles. The molecule has 2 N–H and O–H groups in total. The molecule has 140 valence electrons. The lowest BCUT2D eigenvalue weighted by atomic mass is 9.94. The van der Waals surface area contributed by atoms with Gasteiger partial charge in [0.05, 0.1) is 5.92 Å². The van der Waals surface area contributed by atoms with E-state index in [0.29, 0.717) is 19.5 Å². The Morgan fingerprint density at radius 1 is 1.00 bits per heavy atom. The third-order valence-electron chi connectivity index (χ3n) is 4.18. The van der Waals surface area contributed by atoms with Gasteiger partial charge in [-0.25, -0.2) is 0 Å². The summed E-state index contributed by atoms with van der Waals surface area (Å²) in [6, 6.07) is 16.8. The predicted octanol–water partition coefficient (Wildman–Crippen LogP) is 4.10. The van der Waals surface area contributed by atoms with Gasteiger partial charge in [0.2, 0.25) is 5.91 Å². The first kappa shape index (κ1) is 20.0. The second kappa shape index (κ2) is 9.38. The first-order chi connectivity index (χ1) is 12.4. The van der Waals surface area contributed by atoms with Crippen molar-refractivity contribution in [3.63, 3.8) is 0 Å². The van der Waals surface area contributed by atoms with Crippen molar-refractivity contribution in [1.82, 2.24) is 4.90 Å². The van der Waals surface area contributed by atoms with Crippen LogP contribution in [0.2, 0.25) is 0 Å². The zero-order chi connectivity index (χ0) is 19.0. The standard InChI is InChI=1S/C20H23F3N2O/c21-20(22,23)18(17-10-5-2-6-11-17)14-19(26)25(13-7-12-24)15-16-8-3-1-4-9-16/h1-6,8-11,18H,7,12-15,24H2. The van der Waals surface area contributed by atoms with E-state index in [1.807, 2.05) is 30.3 Å². The molecule has 0 aromatic heterocycles. The van der Waals surface area contributed by atoms with Crippen LogP contribution in [0.3, 0.4) is 0 Å². The summed E-state index contributed by atoms with van der Waals surface area (Å²) in [5.74, 6) is -2.33. The van der Waals surface area contributed by atoms with E-state index in [9.17, 15) is 18.0 Å². The van der Waals surface area contributed by atoms with Crippen LogP contribution in [0.25, 0.3) is 0 Å². The van der Waals surface area contributed by atoms with Crippen LogP contribution in [0.5, 0.6) is 0 Å². The normalized spacial score (nSPS) is 12.6. The highest BCUT2D eigenvalue weighted by Crippen LogP contribution is 2.37. The number of hydrogen-bond acceptors (Lipinski definition) is 2. The van der Waals surface area contributed by atoms with Crippen molar-refractivity contribution >= 4 is 5.91 Å². The van der Waals surface area contributed by atoms with E-state index in [2.05, 4.69) is 0 Å². The number of carbonyl (C=O) groups is 1. The van der Waals surface area contributed by atoms with Gasteiger partial charge in [-0.15, -0.1) is 0 Å². The summed E-state index contributed by atoms with van der Waals surface area (Å²) in [4.78, 5) is 14.1. The zero-order valence-corrected chi connectivity index (χ0v) is 14.5. The molecule has 0 spiro atoms. The van der Waals surface area contributed by atoms with Crippen molar-refractivity contribution in [2.75, 3.05) is 13.1 Å². The molecule has 2 aromatic rings. The maximum Gasteiger partial charge on any atom is 0.396 e. The van der Waals surface area contributed by atoms with E-state index in [1.165, 1.54) is 17.0 Å². The quantitative estimate of drug-likeness (QED) is 0.767. The maximum absolute atomic E-state index is 13.5. The summed E-state index contributed by atoms with van der Waals surface area (Å²) in [5, 5.41) is 0. The fraction of sp³-hybridized carbons (Fsp3) is 0.350. The molecule has 0 saturated heterocycles. The van der Waals surface area contributed by atoms with Crippen molar-refractivity contribution in [2.24, 2.45) is 5.73 Å². The number of alkyl halides is 3. The average Bonchev–Trinajstić information content (AvgIpc) is 2.63. The van der Waals surface area contributed by atoms with Crippen LogP contribution >= 0.6 is 0 Å². The van der Waals surface area contributed by atoms with Crippen LogP contribution in [0.15, 0.2) is 60.7 Å². The molecule has 3 nitrogen and oxygen atoms in total. The van der Waals surface area contributed by atoms with Gasteiger partial charge in [0.25, 0.3) is 0 Å². The Labute approximate surface area is 151 Å². The summed E-state index contributed by atoms with van der Waals surface area (Å²) < 4.78 is 40.6. The first-order valence-corrected chi connectivity index (χ1v) is 8.55. The summed E-state index contributed by atoms with van der Waals surface area (Å²) in [5.41, 5.74) is 6.49. The lowest BCUT2D eigenvalue weighted by molar-refractivity contribution is -0.160. The second-order valence-corrected chi connectivity index (χ2v) is 6.15. The fourth-order valence-electron chi connectivity index (χ4n) is 2.79. The number of rotatable bonds is 8. The van der Waals surface area contributed by atoms with E-state index in [-0.39, 0.29) is 12.1 Å². The topological polar surface area (TPSA) is 46.3 Å². The van der Waals surface area contributed by atoms with Gasteiger partial charge in [-0.3, -0.25) is 4.79 Å². The molecule has 0 heterocycles. The largest absolute Gasteiger partial charge is 0.396 e. The number of carbonyl (C=O) groups excluding carboxylic acids is 1. The summed E-state index contributed by atoms with van der Waals surface area (Å²) in [6.07, 6.45) is -4.55. The molecule has 6 heteroatoms. The Kier molecular flexibility index (Phi) is 7.21. The molecule has 2 rings (SSSR count). The van der Waals surface area contributed by atoms with Gasteiger partial charge in [-0.2, -0.15) is 13.2 Å². The predicted molar refractivity (Wildman–Crippen MR) is 95.4 cm³/mol. The van der Waals surface area contributed by atoms with Crippen molar-refractivity contribution in [3.8, 4) is 0 Å². The average molecular weight is 364 g/mol. The van der Waals surface area contributed by atoms with Crippen LogP contribution < -0.4 is 5.73 Å². The summed E-state index contributed by atoms with van der Waals surface area (Å²) in [7, 11) is 0. The van der Waals surface area contributed by atoms with Gasteiger partial charge in [0.15, 0.2) is 0 Å². The molecule has 0 aliphatic heterocycles. The molecule has 0 radical (unpaired) electrons. The molecule has 1 amide bonds. The van der Waals surface area contributed by atoms with Crippen molar-refractivity contribution in [2.45, 2.75) is 31.5 Å². The van der Waals surface area contributed by atoms with Crippen molar-refractivity contribution < 1.29 is 18.0 Å². The molecular formula is C20H23F3N2O. The maximum atomic E-state index is 13.5. The highest BCUT2D eigenvalue weighted by atomic mass is 19.4. The number of hydrogen-bond donors (Lipinski definition) is 1. The van der Waals surface area contributed by atoms with Crippen LogP contribution in [0.1, 0.15) is 29.9 Å². The number of halogens is 3. The molecule has 0 aliphatic rings. The number of benzene rings is 2. The summed E-state index contributed by atoms with van der Waals surface area (Å²) in [6.45, 7) is 0.989. The third kappa shape index (κ3) is 5.88. The van der Waals surface area contributed by atoms with Crippen LogP contribution in [0.4, 0.5) is 13.2 Å². The van der Waals surface area contributed by atoms with E-state index < -0.39 is 24.4 Å².